The Bertz CT molecular complexity index is 633. The van der Waals surface area contributed by atoms with Gasteiger partial charge < -0.3 is 5.32 Å². The topological polar surface area (TPSA) is 12.0 Å². The van der Waals surface area contributed by atoms with Gasteiger partial charge in [-0.3, -0.25) is 0 Å². The normalized spacial score (nSPS) is 20.9. The molecule has 0 saturated heterocycles. The standard InChI is InChI=1S/C18H19Br2N/c1-2-12-8-16(20)6-7-18(12)21-17-10-14(11-17)13-4-3-5-15(19)9-13/h3-9,14,17,21H,2,10-11H2,1H3. The number of rotatable bonds is 4. The first-order valence-corrected chi connectivity index (χ1v) is 9.04. The van der Waals surface area contributed by atoms with Gasteiger partial charge in [-0.15, -0.1) is 0 Å². The van der Waals surface area contributed by atoms with E-state index in [0.717, 1.165) is 10.9 Å². The molecule has 1 nitrogen and oxygen atoms in total. The first-order valence-electron chi connectivity index (χ1n) is 7.46. The van der Waals surface area contributed by atoms with E-state index in [4.69, 9.17) is 0 Å². The minimum absolute atomic E-state index is 0.598. The third-order valence-electron chi connectivity index (χ3n) is 4.27. The second kappa shape index (κ2) is 6.53. The zero-order valence-electron chi connectivity index (χ0n) is 12.1. The van der Waals surface area contributed by atoms with E-state index in [1.54, 1.807) is 0 Å². The van der Waals surface area contributed by atoms with E-state index >= 15 is 0 Å². The molecule has 3 heteroatoms. The average molecular weight is 409 g/mol. The molecule has 0 amide bonds. The maximum absolute atomic E-state index is 3.71. The van der Waals surface area contributed by atoms with Crippen LogP contribution in [0.2, 0.25) is 0 Å². The summed E-state index contributed by atoms with van der Waals surface area (Å²) in [5.41, 5.74) is 4.13. The van der Waals surface area contributed by atoms with Crippen LogP contribution >= 0.6 is 31.9 Å². The number of nitrogens with one attached hydrogen (secondary N) is 1. The summed E-state index contributed by atoms with van der Waals surface area (Å²) in [6.07, 6.45) is 3.49. The van der Waals surface area contributed by atoms with Gasteiger partial charge in [-0.1, -0.05) is 50.9 Å². The van der Waals surface area contributed by atoms with Crippen molar-refractivity contribution >= 4 is 37.5 Å². The smallest absolute Gasteiger partial charge is 0.0375 e. The predicted octanol–water partition coefficient (Wildman–Crippen LogP) is 6.13. The van der Waals surface area contributed by atoms with Gasteiger partial charge in [0.15, 0.2) is 0 Å². The number of anilines is 1. The molecule has 0 spiro atoms. The number of halogens is 2. The fraction of sp³-hybridized carbons (Fsp3) is 0.333. The van der Waals surface area contributed by atoms with Crippen molar-refractivity contribution < 1.29 is 0 Å². The summed E-state index contributed by atoms with van der Waals surface area (Å²) in [7, 11) is 0. The van der Waals surface area contributed by atoms with E-state index in [-0.39, 0.29) is 0 Å². The van der Waals surface area contributed by atoms with Gasteiger partial charge in [0, 0.05) is 20.7 Å². The van der Waals surface area contributed by atoms with Crippen LogP contribution in [-0.4, -0.2) is 6.04 Å². The third-order valence-corrected chi connectivity index (χ3v) is 5.25. The molecule has 2 aromatic rings. The Morgan fingerprint density at radius 1 is 1.05 bits per heavy atom. The van der Waals surface area contributed by atoms with Crippen molar-refractivity contribution in [3.8, 4) is 0 Å². The Morgan fingerprint density at radius 3 is 2.52 bits per heavy atom. The molecule has 0 heterocycles. The molecule has 1 N–H and O–H groups in total. The van der Waals surface area contributed by atoms with Crippen molar-refractivity contribution in [2.75, 3.05) is 5.32 Å². The molecule has 2 aromatic carbocycles. The van der Waals surface area contributed by atoms with Gasteiger partial charge in [0.2, 0.25) is 0 Å². The van der Waals surface area contributed by atoms with Crippen molar-refractivity contribution in [1.29, 1.82) is 0 Å². The highest BCUT2D eigenvalue weighted by Gasteiger charge is 2.30. The maximum Gasteiger partial charge on any atom is 0.0375 e. The molecule has 1 fully saturated rings. The van der Waals surface area contributed by atoms with E-state index < -0.39 is 0 Å². The summed E-state index contributed by atoms with van der Waals surface area (Å²) in [5.74, 6) is 0.695. The molecule has 0 unspecified atom stereocenters. The van der Waals surface area contributed by atoms with Crippen molar-refractivity contribution in [3.63, 3.8) is 0 Å². The van der Waals surface area contributed by atoms with Gasteiger partial charge in [-0.25, -0.2) is 0 Å². The number of benzene rings is 2. The lowest BCUT2D eigenvalue weighted by atomic mass is 9.76. The second-order valence-electron chi connectivity index (χ2n) is 5.72. The SMILES string of the molecule is CCc1cc(Br)ccc1NC1CC(c2cccc(Br)c2)C1. The Balaban J connectivity index is 1.62. The first kappa shape index (κ1) is 15.1. The summed E-state index contributed by atoms with van der Waals surface area (Å²) in [4.78, 5) is 0. The van der Waals surface area contributed by atoms with Gasteiger partial charge in [0.25, 0.3) is 0 Å². The minimum Gasteiger partial charge on any atom is -0.382 e. The van der Waals surface area contributed by atoms with Crippen molar-refractivity contribution in [3.05, 3.63) is 62.5 Å². The molecule has 0 bridgehead atoms. The summed E-state index contributed by atoms with van der Waals surface area (Å²) in [6, 6.07) is 15.8. The van der Waals surface area contributed by atoms with Gasteiger partial charge in [-0.05, 0) is 66.6 Å². The Kier molecular flexibility index (Phi) is 4.70. The lowest BCUT2D eigenvalue weighted by molar-refractivity contribution is 0.374. The van der Waals surface area contributed by atoms with Crippen LogP contribution in [0.3, 0.4) is 0 Å². The summed E-state index contributed by atoms with van der Waals surface area (Å²) in [5, 5.41) is 3.71. The van der Waals surface area contributed by atoms with Crippen LogP contribution in [-0.2, 0) is 6.42 Å². The van der Waals surface area contributed by atoms with Crippen molar-refractivity contribution in [2.45, 2.75) is 38.1 Å². The van der Waals surface area contributed by atoms with Crippen LogP contribution in [0.25, 0.3) is 0 Å². The highest BCUT2D eigenvalue weighted by molar-refractivity contribution is 9.10. The van der Waals surface area contributed by atoms with Gasteiger partial charge >= 0.3 is 0 Å². The quantitative estimate of drug-likeness (QED) is 0.641. The molecular formula is C18H19Br2N. The third kappa shape index (κ3) is 3.51. The molecule has 21 heavy (non-hydrogen) atoms. The predicted molar refractivity (Wildman–Crippen MR) is 97.0 cm³/mol. The second-order valence-corrected chi connectivity index (χ2v) is 7.55. The highest BCUT2D eigenvalue weighted by Crippen LogP contribution is 2.39. The molecule has 0 aromatic heterocycles. The Labute approximate surface area is 143 Å². The van der Waals surface area contributed by atoms with E-state index in [0.29, 0.717) is 12.0 Å². The summed E-state index contributed by atoms with van der Waals surface area (Å²) in [6.45, 7) is 2.21. The van der Waals surface area contributed by atoms with Crippen molar-refractivity contribution in [2.24, 2.45) is 0 Å². The molecule has 1 aliphatic carbocycles. The zero-order valence-corrected chi connectivity index (χ0v) is 15.2. The van der Waals surface area contributed by atoms with Crippen LogP contribution in [0.5, 0.6) is 0 Å². The molecule has 0 radical (unpaired) electrons. The Hall–Kier alpha value is -0.800. The molecule has 1 aliphatic rings. The summed E-state index contributed by atoms with van der Waals surface area (Å²) >= 11 is 7.11. The molecule has 110 valence electrons. The first-order chi connectivity index (χ1) is 10.2. The van der Waals surface area contributed by atoms with Crippen LogP contribution in [0.15, 0.2) is 51.4 Å². The molecule has 3 rings (SSSR count). The fourth-order valence-corrected chi connectivity index (χ4v) is 3.81. The minimum atomic E-state index is 0.598. The van der Waals surface area contributed by atoms with E-state index in [9.17, 15) is 0 Å². The van der Waals surface area contributed by atoms with Crippen molar-refractivity contribution in [1.82, 2.24) is 0 Å². The molecule has 0 aliphatic heterocycles. The number of aryl methyl sites for hydroxylation is 1. The largest absolute Gasteiger partial charge is 0.382 e. The van der Waals surface area contributed by atoms with Crippen LogP contribution in [0, 0.1) is 0 Å². The average Bonchev–Trinajstić information content (AvgIpc) is 2.43. The number of hydrogen-bond acceptors (Lipinski definition) is 1. The van der Waals surface area contributed by atoms with E-state index in [1.807, 2.05) is 0 Å². The van der Waals surface area contributed by atoms with Gasteiger partial charge in [0.05, 0.1) is 0 Å². The van der Waals surface area contributed by atoms with Crippen LogP contribution < -0.4 is 5.32 Å². The lowest BCUT2D eigenvalue weighted by Crippen LogP contribution is -2.34. The molecule has 0 atom stereocenters. The zero-order chi connectivity index (χ0) is 14.8. The monoisotopic (exact) mass is 407 g/mol. The fourth-order valence-electron chi connectivity index (χ4n) is 2.98. The lowest BCUT2D eigenvalue weighted by Gasteiger charge is -2.37. The van der Waals surface area contributed by atoms with E-state index in [1.165, 1.54) is 34.1 Å². The van der Waals surface area contributed by atoms with Crippen LogP contribution in [0.1, 0.15) is 36.8 Å². The molecular weight excluding hydrogens is 390 g/mol. The van der Waals surface area contributed by atoms with Gasteiger partial charge in [0.1, 0.15) is 0 Å². The molecule has 1 saturated carbocycles. The maximum atomic E-state index is 3.71. The van der Waals surface area contributed by atoms with E-state index in [2.05, 4.69) is 86.6 Å². The van der Waals surface area contributed by atoms with Gasteiger partial charge in [-0.2, -0.15) is 0 Å². The van der Waals surface area contributed by atoms with Crippen LogP contribution in [0.4, 0.5) is 5.69 Å². The highest BCUT2D eigenvalue weighted by atomic mass is 79.9. The number of hydrogen-bond donors (Lipinski definition) is 1. The summed E-state index contributed by atoms with van der Waals surface area (Å²) < 4.78 is 2.34. The Morgan fingerprint density at radius 2 is 1.81 bits per heavy atom.